The van der Waals surface area contributed by atoms with Crippen molar-refractivity contribution in [3.63, 3.8) is 0 Å². The summed E-state index contributed by atoms with van der Waals surface area (Å²) in [6, 6.07) is 6.18. The molecule has 0 aromatic heterocycles. The van der Waals surface area contributed by atoms with Crippen LogP contribution in [0.5, 0.6) is 0 Å². The first-order chi connectivity index (χ1) is 9.08. The molecule has 19 heavy (non-hydrogen) atoms. The Morgan fingerprint density at radius 1 is 1.26 bits per heavy atom. The van der Waals surface area contributed by atoms with E-state index in [2.05, 4.69) is 4.72 Å². The zero-order valence-corrected chi connectivity index (χ0v) is 11.7. The first kappa shape index (κ1) is 14.3. The molecule has 1 atom stereocenters. The highest BCUT2D eigenvalue weighted by atomic mass is 32.2. The third kappa shape index (κ3) is 4.19. The van der Waals surface area contributed by atoms with Crippen LogP contribution < -0.4 is 10.5 Å². The van der Waals surface area contributed by atoms with Crippen molar-refractivity contribution in [2.24, 2.45) is 0 Å². The maximum atomic E-state index is 12.0. The molecular formula is C13H20N2O3S. The molecule has 1 aromatic rings. The van der Waals surface area contributed by atoms with Gasteiger partial charge < -0.3 is 10.5 Å². The number of nitrogens with one attached hydrogen (secondary N) is 1. The molecule has 106 valence electrons. The van der Waals surface area contributed by atoms with Gasteiger partial charge in [-0.3, -0.25) is 0 Å². The van der Waals surface area contributed by atoms with E-state index >= 15 is 0 Å². The Kier molecular flexibility index (Phi) is 4.79. The minimum Gasteiger partial charge on any atom is -0.399 e. The smallest absolute Gasteiger partial charge is 0.240 e. The summed E-state index contributed by atoms with van der Waals surface area (Å²) in [7, 11) is -3.44. The first-order valence-electron chi connectivity index (χ1n) is 6.55. The largest absolute Gasteiger partial charge is 0.399 e. The minimum absolute atomic E-state index is 0.183. The molecule has 0 saturated carbocycles. The molecule has 0 bridgehead atoms. The van der Waals surface area contributed by atoms with Gasteiger partial charge in [0.05, 0.1) is 11.0 Å². The molecule has 3 N–H and O–H groups in total. The molecule has 1 unspecified atom stereocenters. The van der Waals surface area contributed by atoms with Crippen molar-refractivity contribution in [2.45, 2.75) is 36.7 Å². The zero-order valence-electron chi connectivity index (χ0n) is 10.8. The molecule has 0 aliphatic carbocycles. The number of hydrogen-bond acceptors (Lipinski definition) is 4. The summed E-state index contributed by atoms with van der Waals surface area (Å²) < 4.78 is 32.1. The van der Waals surface area contributed by atoms with Crippen LogP contribution in [-0.4, -0.2) is 27.7 Å². The van der Waals surface area contributed by atoms with E-state index in [4.69, 9.17) is 10.5 Å². The number of rotatable bonds is 5. The van der Waals surface area contributed by atoms with E-state index in [0.29, 0.717) is 18.7 Å². The average Bonchev–Trinajstić information content (AvgIpc) is 2.40. The molecule has 1 aromatic carbocycles. The van der Waals surface area contributed by atoms with E-state index in [1.165, 1.54) is 12.1 Å². The van der Waals surface area contributed by atoms with Gasteiger partial charge in [-0.25, -0.2) is 13.1 Å². The number of nitrogens with two attached hydrogens (primary N) is 1. The monoisotopic (exact) mass is 284 g/mol. The van der Waals surface area contributed by atoms with Gasteiger partial charge in [0.2, 0.25) is 10.0 Å². The Labute approximate surface area is 114 Å². The lowest BCUT2D eigenvalue weighted by atomic mass is 10.1. The number of ether oxygens (including phenoxy) is 1. The maximum absolute atomic E-state index is 12.0. The third-order valence-electron chi connectivity index (χ3n) is 3.22. The SMILES string of the molecule is Nc1ccc(S(=O)(=O)NCCC2CCCCO2)cc1. The van der Waals surface area contributed by atoms with Gasteiger partial charge in [0.1, 0.15) is 0 Å². The van der Waals surface area contributed by atoms with Gasteiger partial charge in [-0.15, -0.1) is 0 Å². The Hall–Kier alpha value is -1.11. The van der Waals surface area contributed by atoms with E-state index in [1.54, 1.807) is 12.1 Å². The second-order valence-corrected chi connectivity index (χ2v) is 6.51. The first-order valence-corrected chi connectivity index (χ1v) is 8.03. The lowest BCUT2D eigenvalue weighted by Crippen LogP contribution is -2.29. The van der Waals surface area contributed by atoms with Crippen LogP contribution in [0.2, 0.25) is 0 Å². The summed E-state index contributed by atoms with van der Waals surface area (Å²) in [6.45, 7) is 1.19. The Morgan fingerprint density at radius 2 is 2.00 bits per heavy atom. The quantitative estimate of drug-likeness (QED) is 0.803. The Morgan fingerprint density at radius 3 is 2.63 bits per heavy atom. The lowest BCUT2D eigenvalue weighted by Gasteiger charge is -2.22. The lowest BCUT2D eigenvalue weighted by molar-refractivity contribution is 0.0123. The summed E-state index contributed by atoms with van der Waals surface area (Å²) in [4.78, 5) is 0.242. The van der Waals surface area contributed by atoms with Gasteiger partial charge >= 0.3 is 0 Å². The van der Waals surface area contributed by atoms with Gasteiger partial charge in [-0.2, -0.15) is 0 Å². The van der Waals surface area contributed by atoms with E-state index < -0.39 is 10.0 Å². The predicted octanol–water partition coefficient (Wildman–Crippen LogP) is 1.51. The molecule has 1 saturated heterocycles. The fourth-order valence-corrected chi connectivity index (χ4v) is 3.17. The van der Waals surface area contributed by atoms with Crippen molar-refractivity contribution in [3.8, 4) is 0 Å². The molecule has 1 aliphatic heterocycles. The highest BCUT2D eigenvalue weighted by Gasteiger charge is 2.16. The van der Waals surface area contributed by atoms with Crippen LogP contribution in [0.25, 0.3) is 0 Å². The summed E-state index contributed by atoms with van der Waals surface area (Å²) in [5.41, 5.74) is 6.09. The van der Waals surface area contributed by atoms with Crippen LogP contribution in [0.4, 0.5) is 5.69 Å². The maximum Gasteiger partial charge on any atom is 0.240 e. The zero-order chi connectivity index (χ0) is 13.7. The topological polar surface area (TPSA) is 81.4 Å². The number of sulfonamides is 1. The molecule has 0 spiro atoms. The minimum atomic E-state index is -3.44. The molecule has 1 fully saturated rings. The van der Waals surface area contributed by atoms with E-state index in [-0.39, 0.29) is 11.0 Å². The number of nitrogen functional groups attached to an aromatic ring is 1. The predicted molar refractivity (Wildman–Crippen MR) is 74.3 cm³/mol. The molecular weight excluding hydrogens is 264 g/mol. The fourth-order valence-electron chi connectivity index (χ4n) is 2.12. The second-order valence-electron chi connectivity index (χ2n) is 4.74. The summed E-state index contributed by atoms with van der Waals surface area (Å²) >= 11 is 0. The summed E-state index contributed by atoms with van der Waals surface area (Å²) in [5, 5.41) is 0. The van der Waals surface area contributed by atoms with Crippen molar-refractivity contribution >= 4 is 15.7 Å². The van der Waals surface area contributed by atoms with Gasteiger partial charge in [-0.1, -0.05) is 0 Å². The van der Waals surface area contributed by atoms with Crippen molar-refractivity contribution in [1.29, 1.82) is 0 Å². The molecule has 2 rings (SSSR count). The second kappa shape index (κ2) is 6.36. The molecule has 6 heteroatoms. The average molecular weight is 284 g/mol. The highest BCUT2D eigenvalue weighted by Crippen LogP contribution is 2.16. The summed E-state index contributed by atoms with van der Waals surface area (Å²) in [6.07, 6.45) is 4.18. The third-order valence-corrected chi connectivity index (χ3v) is 4.70. The summed E-state index contributed by atoms with van der Waals surface area (Å²) in [5.74, 6) is 0. The van der Waals surface area contributed by atoms with Crippen molar-refractivity contribution in [2.75, 3.05) is 18.9 Å². The van der Waals surface area contributed by atoms with E-state index in [0.717, 1.165) is 25.9 Å². The van der Waals surface area contributed by atoms with Crippen LogP contribution in [0.3, 0.4) is 0 Å². The number of benzene rings is 1. The van der Waals surface area contributed by atoms with E-state index in [9.17, 15) is 8.42 Å². The van der Waals surface area contributed by atoms with Gasteiger partial charge in [0, 0.05) is 18.8 Å². The standard InChI is InChI=1S/C13H20N2O3S/c14-11-4-6-13(7-5-11)19(16,17)15-9-8-12-3-1-2-10-18-12/h4-7,12,15H,1-3,8-10,14H2. The number of hydrogen-bond donors (Lipinski definition) is 2. The molecule has 1 aliphatic rings. The fraction of sp³-hybridized carbons (Fsp3) is 0.538. The van der Waals surface area contributed by atoms with Crippen molar-refractivity contribution < 1.29 is 13.2 Å². The molecule has 1 heterocycles. The normalized spacial score (nSPS) is 20.3. The van der Waals surface area contributed by atoms with Gasteiger partial charge in [-0.05, 0) is 49.9 Å². The number of anilines is 1. The van der Waals surface area contributed by atoms with Crippen LogP contribution in [0.15, 0.2) is 29.2 Å². The Balaban J connectivity index is 1.85. The van der Waals surface area contributed by atoms with Crippen molar-refractivity contribution in [1.82, 2.24) is 4.72 Å². The van der Waals surface area contributed by atoms with Crippen LogP contribution in [-0.2, 0) is 14.8 Å². The van der Waals surface area contributed by atoms with Crippen LogP contribution in [0.1, 0.15) is 25.7 Å². The van der Waals surface area contributed by atoms with E-state index in [1.807, 2.05) is 0 Å². The van der Waals surface area contributed by atoms with Crippen LogP contribution >= 0.6 is 0 Å². The Bertz CT molecular complexity index is 493. The molecule has 0 amide bonds. The molecule has 0 radical (unpaired) electrons. The van der Waals surface area contributed by atoms with Crippen LogP contribution in [0, 0.1) is 0 Å². The van der Waals surface area contributed by atoms with Gasteiger partial charge in [0.25, 0.3) is 0 Å². The van der Waals surface area contributed by atoms with Gasteiger partial charge in [0.15, 0.2) is 0 Å². The highest BCUT2D eigenvalue weighted by molar-refractivity contribution is 7.89. The van der Waals surface area contributed by atoms with Crippen molar-refractivity contribution in [3.05, 3.63) is 24.3 Å². The molecule has 5 nitrogen and oxygen atoms in total.